The van der Waals surface area contributed by atoms with Crippen LogP contribution >= 0.6 is 24.0 Å². The van der Waals surface area contributed by atoms with Crippen LogP contribution in [0.4, 0.5) is 0 Å². The molecule has 1 saturated heterocycles. The molecule has 0 atom stereocenters. The van der Waals surface area contributed by atoms with Gasteiger partial charge in [-0.05, 0) is 44.4 Å². The third kappa shape index (κ3) is 5.00. The number of nitrogens with zero attached hydrogens (tertiary/aromatic N) is 2. The highest BCUT2D eigenvalue weighted by atomic mass is 127. The Balaban J connectivity index is 0.00000300. The highest BCUT2D eigenvalue weighted by molar-refractivity contribution is 14.0. The maximum absolute atomic E-state index is 12.3. The van der Waals surface area contributed by atoms with Gasteiger partial charge >= 0.3 is 0 Å². The van der Waals surface area contributed by atoms with Gasteiger partial charge in [-0.2, -0.15) is 0 Å². The van der Waals surface area contributed by atoms with Crippen molar-refractivity contribution >= 4 is 39.8 Å². The number of halogens is 1. The molecule has 6 nitrogen and oxygen atoms in total. The average molecular weight is 535 g/mol. The molecule has 1 aromatic rings. The minimum atomic E-state index is -3.07. The highest BCUT2D eigenvalue weighted by Gasteiger charge is 2.42. The van der Waals surface area contributed by atoms with E-state index in [0.29, 0.717) is 13.1 Å². The molecule has 8 heteroatoms. The van der Waals surface area contributed by atoms with Crippen LogP contribution < -0.4 is 10.1 Å². The summed E-state index contributed by atoms with van der Waals surface area (Å²) in [5.41, 5.74) is 1.36. The zero-order valence-electron chi connectivity index (χ0n) is 17.9. The third-order valence-corrected chi connectivity index (χ3v) is 8.92. The summed E-state index contributed by atoms with van der Waals surface area (Å²) in [6, 6.07) is 8.37. The van der Waals surface area contributed by atoms with Crippen molar-refractivity contribution in [3.63, 3.8) is 0 Å². The van der Waals surface area contributed by atoms with Gasteiger partial charge in [-0.15, -0.1) is 24.0 Å². The summed E-state index contributed by atoms with van der Waals surface area (Å²) < 4.78 is 29.3. The number of methoxy groups -OCH3 is 1. The number of ether oxygens (including phenoxy) is 1. The van der Waals surface area contributed by atoms with E-state index in [-0.39, 0.29) is 35.1 Å². The van der Waals surface area contributed by atoms with Gasteiger partial charge in [0.2, 0.25) is 0 Å². The van der Waals surface area contributed by atoms with Gasteiger partial charge in [0.1, 0.15) is 5.75 Å². The van der Waals surface area contributed by atoms with Crippen LogP contribution in [-0.2, 0) is 15.3 Å². The first kappa shape index (κ1) is 24.2. The Hall–Kier alpha value is -1.03. The predicted octanol–water partition coefficient (Wildman–Crippen LogP) is 3.21. The summed E-state index contributed by atoms with van der Waals surface area (Å²) in [5, 5.41) is 3.56. The second kappa shape index (κ2) is 9.41. The molecule has 0 aromatic heterocycles. The van der Waals surface area contributed by atoms with E-state index in [9.17, 15) is 8.42 Å². The predicted molar refractivity (Wildman–Crippen MR) is 129 cm³/mol. The summed E-state index contributed by atoms with van der Waals surface area (Å²) in [7, 11) is 0.403. The molecule has 1 saturated carbocycles. The minimum absolute atomic E-state index is 0. The van der Waals surface area contributed by atoms with Gasteiger partial charge in [-0.1, -0.05) is 25.0 Å². The molecule has 1 aliphatic heterocycles. The lowest BCUT2D eigenvalue weighted by Gasteiger charge is -2.40. The molecule has 29 heavy (non-hydrogen) atoms. The molecular weight excluding hydrogens is 501 g/mol. The van der Waals surface area contributed by atoms with Crippen molar-refractivity contribution in [2.75, 3.05) is 39.5 Å². The second-order valence-corrected chi connectivity index (χ2v) is 11.4. The number of rotatable bonds is 4. The van der Waals surface area contributed by atoms with Gasteiger partial charge in [-0.25, -0.2) is 8.42 Å². The number of guanidine groups is 1. The van der Waals surface area contributed by atoms with Gasteiger partial charge in [-0.3, -0.25) is 4.99 Å². The Bertz CT molecular complexity index is 833. The first-order valence-electron chi connectivity index (χ1n) is 10.1. The Morgan fingerprint density at radius 3 is 2.55 bits per heavy atom. The van der Waals surface area contributed by atoms with Crippen LogP contribution in [0.3, 0.4) is 0 Å². The van der Waals surface area contributed by atoms with Crippen LogP contribution in [0, 0.1) is 0 Å². The van der Waals surface area contributed by atoms with E-state index >= 15 is 0 Å². The van der Waals surface area contributed by atoms with E-state index in [1.807, 2.05) is 6.07 Å². The number of sulfone groups is 1. The fourth-order valence-electron chi connectivity index (χ4n) is 4.48. The van der Waals surface area contributed by atoms with Crippen molar-refractivity contribution in [1.29, 1.82) is 0 Å². The van der Waals surface area contributed by atoms with Crippen molar-refractivity contribution in [2.45, 2.75) is 49.7 Å². The van der Waals surface area contributed by atoms with Gasteiger partial charge < -0.3 is 15.0 Å². The standard InChI is InChI=1S/C21H33N3O3S.HI/c1-20(2)16-24(12-13-28(20,25)26)19(22-3)23-15-21(10-5-6-11-21)17-8-7-9-18(14-17)27-4;/h7-9,14H,5-6,10-13,15-16H2,1-4H3,(H,22,23);1H. The normalized spacial score (nSPS) is 22.6. The molecule has 164 valence electrons. The van der Waals surface area contributed by atoms with E-state index in [2.05, 4.69) is 33.4 Å². The molecule has 0 amide bonds. The zero-order valence-corrected chi connectivity index (χ0v) is 21.0. The Kier molecular flexibility index (Phi) is 7.86. The smallest absolute Gasteiger partial charge is 0.193 e. The maximum Gasteiger partial charge on any atom is 0.193 e. The number of benzene rings is 1. The Morgan fingerprint density at radius 2 is 1.97 bits per heavy atom. The zero-order chi connectivity index (χ0) is 20.4. The lowest BCUT2D eigenvalue weighted by molar-refractivity contribution is 0.344. The average Bonchev–Trinajstić information content (AvgIpc) is 3.15. The third-order valence-electron chi connectivity index (χ3n) is 6.38. The molecule has 1 N–H and O–H groups in total. The summed E-state index contributed by atoms with van der Waals surface area (Å²) in [4.78, 5) is 6.54. The van der Waals surface area contributed by atoms with Crippen LogP contribution in [0.15, 0.2) is 29.3 Å². The first-order valence-corrected chi connectivity index (χ1v) is 11.7. The van der Waals surface area contributed by atoms with Gasteiger partial charge in [0.25, 0.3) is 0 Å². The highest BCUT2D eigenvalue weighted by Crippen LogP contribution is 2.41. The number of aliphatic imine (C=N–C) groups is 1. The molecule has 2 aliphatic rings. The van der Waals surface area contributed by atoms with Gasteiger partial charge in [0, 0.05) is 32.1 Å². The lowest BCUT2D eigenvalue weighted by atomic mass is 9.78. The summed E-state index contributed by atoms with van der Waals surface area (Å²) in [6.45, 7) is 5.34. The largest absolute Gasteiger partial charge is 0.497 e. The molecule has 0 radical (unpaired) electrons. The van der Waals surface area contributed by atoms with Crippen LogP contribution in [-0.4, -0.2) is 63.6 Å². The maximum atomic E-state index is 12.3. The molecule has 0 unspecified atom stereocenters. The van der Waals surface area contributed by atoms with Crippen LogP contribution in [0.2, 0.25) is 0 Å². The van der Waals surface area contributed by atoms with Crippen molar-refractivity contribution in [2.24, 2.45) is 4.99 Å². The summed E-state index contributed by atoms with van der Waals surface area (Å²) in [6.07, 6.45) is 4.69. The fraction of sp³-hybridized carbons (Fsp3) is 0.667. The first-order chi connectivity index (χ1) is 13.2. The van der Waals surface area contributed by atoms with Crippen LogP contribution in [0.5, 0.6) is 5.75 Å². The Morgan fingerprint density at radius 1 is 1.28 bits per heavy atom. The molecule has 0 spiro atoms. The molecule has 1 heterocycles. The minimum Gasteiger partial charge on any atom is -0.497 e. The molecular formula is C21H34IN3O3S. The summed E-state index contributed by atoms with van der Waals surface area (Å²) in [5.74, 6) is 1.84. The molecule has 1 aliphatic carbocycles. The van der Waals surface area contributed by atoms with E-state index in [1.165, 1.54) is 18.4 Å². The molecule has 3 rings (SSSR count). The number of hydrogen-bond acceptors (Lipinski definition) is 4. The number of nitrogens with one attached hydrogen (secondary N) is 1. The van der Waals surface area contributed by atoms with E-state index in [0.717, 1.165) is 31.1 Å². The molecule has 2 fully saturated rings. The number of hydrogen-bond donors (Lipinski definition) is 1. The van der Waals surface area contributed by atoms with Crippen molar-refractivity contribution in [1.82, 2.24) is 10.2 Å². The van der Waals surface area contributed by atoms with Gasteiger partial charge in [0.05, 0.1) is 17.6 Å². The van der Waals surface area contributed by atoms with Crippen molar-refractivity contribution in [3.8, 4) is 5.75 Å². The monoisotopic (exact) mass is 535 g/mol. The molecule has 0 bridgehead atoms. The van der Waals surface area contributed by atoms with Gasteiger partial charge in [0.15, 0.2) is 15.8 Å². The SMILES string of the molecule is CN=C(NCC1(c2cccc(OC)c2)CCCC1)N1CCS(=O)(=O)C(C)(C)C1.I. The molecule has 1 aromatic carbocycles. The topological polar surface area (TPSA) is 71.0 Å². The summed E-state index contributed by atoms with van der Waals surface area (Å²) >= 11 is 0. The lowest BCUT2D eigenvalue weighted by Crippen LogP contribution is -2.58. The van der Waals surface area contributed by atoms with Crippen molar-refractivity contribution in [3.05, 3.63) is 29.8 Å². The van der Waals surface area contributed by atoms with E-state index < -0.39 is 14.6 Å². The van der Waals surface area contributed by atoms with E-state index in [4.69, 9.17) is 4.74 Å². The fourth-order valence-corrected chi connectivity index (χ4v) is 5.84. The van der Waals surface area contributed by atoms with Crippen LogP contribution in [0.25, 0.3) is 0 Å². The Labute approximate surface area is 192 Å². The second-order valence-electron chi connectivity index (χ2n) is 8.62. The van der Waals surface area contributed by atoms with E-state index in [1.54, 1.807) is 28.0 Å². The quantitative estimate of drug-likeness (QED) is 0.365. The van der Waals surface area contributed by atoms with Crippen LogP contribution in [0.1, 0.15) is 45.1 Å². The van der Waals surface area contributed by atoms with Crippen molar-refractivity contribution < 1.29 is 13.2 Å².